The van der Waals surface area contributed by atoms with Crippen molar-refractivity contribution in [2.24, 2.45) is 0 Å². The van der Waals surface area contributed by atoms with Gasteiger partial charge in [-0.05, 0) is 42.5 Å². The average molecular weight is 443 g/mol. The van der Waals surface area contributed by atoms with E-state index in [1.807, 2.05) is 0 Å². The maximum absolute atomic E-state index is 13.1. The smallest absolute Gasteiger partial charge is 0.262 e. The van der Waals surface area contributed by atoms with Crippen molar-refractivity contribution in [1.29, 1.82) is 0 Å². The van der Waals surface area contributed by atoms with E-state index in [2.05, 4.69) is 4.98 Å². The number of nitrogens with zero attached hydrogens (tertiary/aromatic N) is 2. The zero-order chi connectivity index (χ0) is 21.3. The van der Waals surface area contributed by atoms with Crippen LogP contribution in [-0.2, 0) is 6.54 Å². The van der Waals surface area contributed by atoms with E-state index in [1.54, 1.807) is 30.3 Å². The van der Waals surface area contributed by atoms with Crippen LogP contribution in [0.15, 0.2) is 69.2 Å². The maximum Gasteiger partial charge on any atom is 0.262 e. The summed E-state index contributed by atoms with van der Waals surface area (Å²) < 4.78 is 6.79. The van der Waals surface area contributed by atoms with Crippen LogP contribution in [0.5, 0.6) is 11.5 Å². The number of phenolic OH excluding ortho intramolecular Hbond substituents is 2. The fraction of sp³-hybridized carbons (Fsp3) is 0.0952. The summed E-state index contributed by atoms with van der Waals surface area (Å²) in [5.74, 6) is -0.336. The minimum absolute atomic E-state index is 0.0732. The van der Waals surface area contributed by atoms with E-state index < -0.39 is 0 Å². The highest BCUT2D eigenvalue weighted by Gasteiger charge is 2.17. The molecule has 0 bridgehead atoms. The molecule has 0 aliphatic heterocycles. The van der Waals surface area contributed by atoms with Gasteiger partial charge >= 0.3 is 0 Å². The molecule has 4 aromatic rings. The minimum Gasteiger partial charge on any atom is -0.508 e. The Bertz CT molecular complexity index is 1300. The Kier molecular flexibility index (Phi) is 5.52. The molecule has 152 valence electrons. The molecule has 0 amide bonds. The number of hydrogen-bond acceptors (Lipinski definition) is 7. The van der Waals surface area contributed by atoms with Crippen molar-refractivity contribution in [3.63, 3.8) is 0 Å². The predicted octanol–water partition coefficient (Wildman–Crippen LogP) is 4.08. The molecule has 0 radical (unpaired) electrons. The van der Waals surface area contributed by atoms with Gasteiger partial charge in [0.1, 0.15) is 17.3 Å². The average Bonchev–Trinajstić information content (AvgIpc) is 3.21. The largest absolute Gasteiger partial charge is 0.508 e. The summed E-state index contributed by atoms with van der Waals surface area (Å²) >= 11 is 7.11. The van der Waals surface area contributed by atoms with E-state index in [9.17, 15) is 19.8 Å². The molecule has 9 heteroatoms. The van der Waals surface area contributed by atoms with E-state index in [1.165, 1.54) is 23.0 Å². The fourth-order valence-electron chi connectivity index (χ4n) is 2.95. The Morgan fingerprint density at radius 2 is 2.00 bits per heavy atom. The summed E-state index contributed by atoms with van der Waals surface area (Å²) in [7, 11) is 0. The normalized spacial score (nSPS) is 11.1. The first-order valence-electron chi connectivity index (χ1n) is 8.83. The molecule has 30 heavy (non-hydrogen) atoms. The lowest BCUT2D eigenvalue weighted by Gasteiger charge is -2.12. The molecule has 0 saturated carbocycles. The van der Waals surface area contributed by atoms with Crippen LogP contribution < -0.4 is 5.56 Å². The van der Waals surface area contributed by atoms with Gasteiger partial charge in [0.15, 0.2) is 10.9 Å². The number of carbonyl (C=O) groups excluding carboxylic acids is 1. The number of benzene rings is 2. The Morgan fingerprint density at radius 1 is 1.17 bits per heavy atom. The lowest BCUT2D eigenvalue weighted by atomic mass is 10.1. The Balaban J connectivity index is 1.70. The highest BCUT2D eigenvalue weighted by Crippen LogP contribution is 2.26. The van der Waals surface area contributed by atoms with Gasteiger partial charge in [-0.3, -0.25) is 14.2 Å². The number of furan rings is 1. The quantitative estimate of drug-likeness (QED) is 0.263. The van der Waals surface area contributed by atoms with Crippen LogP contribution in [0.4, 0.5) is 0 Å². The SMILES string of the molecule is O=C(CSc1nc2cc(Cl)ccc2c(=O)n1Cc1ccco1)c1ccc(O)cc1O. The van der Waals surface area contributed by atoms with Crippen LogP contribution in [0.2, 0.25) is 5.02 Å². The molecule has 0 saturated heterocycles. The zero-order valence-corrected chi connectivity index (χ0v) is 17.0. The summed E-state index contributed by atoms with van der Waals surface area (Å²) in [4.78, 5) is 30.2. The van der Waals surface area contributed by atoms with Crippen molar-refractivity contribution in [1.82, 2.24) is 9.55 Å². The molecule has 0 spiro atoms. The molecule has 2 aromatic heterocycles. The van der Waals surface area contributed by atoms with Gasteiger partial charge in [-0.15, -0.1) is 0 Å². The van der Waals surface area contributed by atoms with Crippen LogP contribution in [0.3, 0.4) is 0 Å². The van der Waals surface area contributed by atoms with Crippen LogP contribution in [0.25, 0.3) is 10.9 Å². The second-order valence-electron chi connectivity index (χ2n) is 6.44. The number of phenols is 2. The first kappa shape index (κ1) is 20.1. The topological polar surface area (TPSA) is 106 Å². The van der Waals surface area contributed by atoms with Gasteiger partial charge < -0.3 is 14.6 Å². The number of halogens is 1. The number of thioether (sulfide) groups is 1. The van der Waals surface area contributed by atoms with Gasteiger partial charge in [0.05, 0.1) is 35.0 Å². The van der Waals surface area contributed by atoms with Gasteiger partial charge in [0, 0.05) is 11.1 Å². The highest BCUT2D eigenvalue weighted by molar-refractivity contribution is 7.99. The van der Waals surface area contributed by atoms with E-state index in [4.69, 9.17) is 16.0 Å². The predicted molar refractivity (Wildman–Crippen MR) is 114 cm³/mol. The van der Waals surface area contributed by atoms with Crippen molar-refractivity contribution in [2.45, 2.75) is 11.7 Å². The number of ketones is 1. The lowest BCUT2D eigenvalue weighted by Crippen LogP contribution is -2.24. The molecule has 2 heterocycles. The van der Waals surface area contributed by atoms with Crippen molar-refractivity contribution in [2.75, 3.05) is 5.75 Å². The molecule has 0 aliphatic rings. The van der Waals surface area contributed by atoms with E-state index in [-0.39, 0.29) is 40.7 Å². The fourth-order valence-corrected chi connectivity index (χ4v) is 3.99. The summed E-state index contributed by atoms with van der Waals surface area (Å²) in [6.45, 7) is 0.151. The van der Waals surface area contributed by atoms with Gasteiger partial charge in [-0.1, -0.05) is 23.4 Å². The monoisotopic (exact) mass is 442 g/mol. The summed E-state index contributed by atoms with van der Waals surface area (Å²) in [6, 6.07) is 12.0. The number of aromatic hydroxyl groups is 2. The number of fused-ring (bicyclic) bond motifs is 1. The van der Waals surface area contributed by atoms with Crippen LogP contribution in [0, 0.1) is 0 Å². The van der Waals surface area contributed by atoms with Gasteiger partial charge in [-0.25, -0.2) is 4.98 Å². The third kappa shape index (κ3) is 4.05. The molecule has 2 aromatic carbocycles. The van der Waals surface area contributed by atoms with Crippen LogP contribution >= 0.6 is 23.4 Å². The molecule has 4 rings (SSSR count). The number of hydrogen-bond donors (Lipinski definition) is 2. The molecule has 0 aliphatic carbocycles. The Morgan fingerprint density at radius 3 is 2.73 bits per heavy atom. The van der Waals surface area contributed by atoms with Crippen molar-refractivity contribution < 1.29 is 19.4 Å². The van der Waals surface area contributed by atoms with E-state index in [0.29, 0.717) is 26.8 Å². The molecular weight excluding hydrogens is 428 g/mol. The van der Waals surface area contributed by atoms with Gasteiger partial charge in [-0.2, -0.15) is 0 Å². The number of rotatable bonds is 6. The molecule has 2 N–H and O–H groups in total. The highest BCUT2D eigenvalue weighted by atomic mass is 35.5. The third-order valence-corrected chi connectivity index (χ3v) is 5.60. The maximum atomic E-state index is 13.1. The van der Waals surface area contributed by atoms with Crippen molar-refractivity contribution >= 4 is 40.0 Å². The molecule has 0 fully saturated rings. The first-order valence-corrected chi connectivity index (χ1v) is 10.2. The first-order chi connectivity index (χ1) is 14.4. The standard InChI is InChI=1S/C21H15ClN2O5S/c22-12-3-5-15-17(8-12)23-21(24(20(15)28)10-14-2-1-7-29-14)30-11-19(27)16-6-4-13(25)9-18(16)26/h1-9,25-26H,10-11H2. The number of carbonyl (C=O) groups is 1. The van der Waals surface area contributed by atoms with Gasteiger partial charge in [0.2, 0.25) is 0 Å². The summed E-state index contributed by atoms with van der Waals surface area (Å²) in [6.07, 6.45) is 1.51. The molecular formula is C21H15ClN2O5S. The summed E-state index contributed by atoms with van der Waals surface area (Å²) in [5, 5.41) is 20.5. The summed E-state index contributed by atoms with van der Waals surface area (Å²) in [5.41, 5.74) is 0.213. The van der Waals surface area contributed by atoms with Crippen LogP contribution in [-0.4, -0.2) is 31.3 Å². The Labute approximate surface area is 179 Å². The molecule has 7 nitrogen and oxygen atoms in total. The second-order valence-corrected chi connectivity index (χ2v) is 7.82. The van der Waals surface area contributed by atoms with Gasteiger partial charge in [0.25, 0.3) is 5.56 Å². The Hall–Kier alpha value is -3.23. The minimum atomic E-state index is -0.373. The number of aromatic nitrogens is 2. The zero-order valence-electron chi connectivity index (χ0n) is 15.4. The molecule has 0 atom stereocenters. The van der Waals surface area contributed by atoms with E-state index in [0.717, 1.165) is 17.8 Å². The second kappa shape index (κ2) is 8.25. The third-order valence-electron chi connectivity index (χ3n) is 4.39. The lowest BCUT2D eigenvalue weighted by molar-refractivity contribution is 0.102. The van der Waals surface area contributed by atoms with Crippen LogP contribution in [0.1, 0.15) is 16.1 Å². The van der Waals surface area contributed by atoms with Crippen molar-refractivity contribution in [3.8, 4) is 11.5 Å². The van der Waals surface area contributed by atoms with E-state index >= 15 is 0 Å². The van der Waals surface area contributed by atoms with Crippen molar-refractivity contribution in [3.05, 3.63) is 81.5 Å². The molecule has 0 unspecified atom stereocenters. The number of Topliss-reactive ketones (excluding diaryl/α,β-unsaturated/α-hetero) is 1.